The Balaban J connectivity index is 1.94. The van der Waals surface area contributed by atoms with Gasteiger partial charge < -0.3 is 10.1 Å². The molecule has 1 aliphatic heterocycles. The van der Waals surface area contributed by atoms with Gasteiger partial charge >= 0.3 is 12.4 Å². The van der Waals surface area contributed by atoms with E-state index in [1.54, 1.807) is 0 Å². The molecular weight excluding hydrogens is 368 g/mol. The van der Waals surface area contributed by atoms with Crippen molar-refractivity contribution in [1.82, 2.24) is 9.78 Å². The lowest BCUT2D eigenvalue weighted by molar-refractivity contribution is -0.143. The normalized spacial score (nSPS) is 14.5. The summed E-state index contributed by atoms with van der Waals surface area (Å²) in [4.78, 5) is 12.3. The van der Waals surface area contributed by atoms with Gasteiger partial charge in [0.25, 0.3) is 5.91 Å². The van der Waals surface area contributed by atoms with Crippen molar-refractivity contribution < 1.29 is 35.9 Å². The number of nitrogens with one attached hydrogen (secondary N) is 1. The Bertz CT molecular complexity index is 809. The first-order valence-electron chi connectivity index (χ1n) is 7.35. The minimum Gasteiger partial charge on any atom is -0.477 e. The quantitative estimate of drug-likeness (QED) is 0.804. The summed E-state index contributed by atoms with van der Waals surface area (Å²) in [6, 6.07) is 0.856. The molecule has 3 rings (SSSR count). The molecular formula is C15H11F6N3O2. The number of fused-ring (bicyclic) bond motifs is 1. The summed E-state index contributed by atoms with van der Waals surface area (Å²) in [6.45, 7) is 0.818. The van der Waals surface area contributed by atoms with Crippen LogP contribution < -0.4 is 10.1 Å². The van der Waals surface area contributed by atoms with Crippen LogP contribution in [0, 0.1) is 0 Å². The first-order chi connectivity index (χ1) is 12.1. The van der Waals surface area contributed by atoms with Gasteiger partial charge in [-0.3, -0.25) is 4.79 Å². The van der Waals surface area contributed by atoms with Gasteiger partial charge in [0.2, 0.25) is 5.88 Å². The fourth-order valence-electron chi connectivity index (χ4n) is 2.45. The number of alkyl halides is 6. The number of ether oxygens (including phenoxy) is 1. The number of halogens is 6. The van der Waals surface area contributed by atoms with Gasteiger partial charge in [-0.2, -0.15) is 31.4 Å². The van der Waals surface area contributed by atoms with E-state index >= 15 is 0 Å². The van der Waals surface area contributed by atoms with E-state index in [-0.39, 0.29) is 17.5 Å². The standard InChI is InChI=1S/C15H11F6N3O2/c16-14(17,18)8-4-9(15(19,20)21)6-10(5-8)23-12(25)11-7-22-24-2-1-3-26-13(11)24/h4-7H,1-3H2,(H,23,25). The second-order valence-corrected chi connectivity index (χ2v) is 5.54. The van der Waals surface area contributed by atoms with Crippen LogP contribution in [-0.4, -0.2) is 22.3 Å². The fraction of sp³-hybridized carbons (Fsp3) is 0.333. The van der Waals surface area contributed by atoms with E-state index in [1.165, 1.54) is 4.68 Å². The van der Waals surface area contributed by atoms with E-state index in [9.17, 15) is 31.1 Å². The third kappa shape index (κ3) is 3.60. The highest BCUT2D eigenvalue weighted by Gasteiger charge is 2.37. The highest BCUT2D eigenvalue weighted by molar-refractivity contribution is 6.05. The first-order valence-corrected chi connectivity index (χ1v) is 7.35. The molecule has 1 aliphatic rings. The number of hydrogen-bond donors (Lipinski definition) is 1. The molecule has 0 radical (unpaired) electrons. The Labute approximate surface area is 142 Å². The highest BCUT2D eigenvalue weighted by Crippen LogP contribution is 2.37. The van der Waals surface area contributed by atoms with E-state index in [0.717, 1.165) is 6.20 Å². The van der Waals surface area contributed by atoms with Crippen LogP contribution in [0.15, 0.2) is 24.4 Å². The Kier molecular flexibility index (Phi) is 4.32. The van der Waals surface area contributed by atoms with Crippen LogP contribution >= 0.6 is 0 Å². The summed E-state index contributed by atoms with van der Waals surface area (Å²) < 4.78 is 83.8. The molecule has 2 aromatic rings. The molecule has 0 saturated carbocycles. The molecule has 0 saturated heterocycles. The number of carbonyl (C=O) groups is 1. The molecule has 1 aromatic carbocycles. The molecule has 0 atom stereocenters. The van der Waals surface area contributed by atoms with Crippen LogP contribution in [-0.2, 0) is 18.9 Å². The van der Waals surface area contributed by atoms with Gasteiger partial charge in [-0.15, -0.1) is 0 Å². The molecule has 140 valence electrons. The summed E-state index contributed by atoms with van der Waals surface area (Å²) >= 11 is 0. The maximum atomic E-state index is 12.9. The molecule has 0 unspecified atom stereocenters. The monoisotopic (exact) mass is 379 g/mol. The molecule has 1 amide bonds. The van der Waals surface area contributed by atoms with Gasteiger partial charge in [0.05, 0.1) is 23.9 Å². The third-order valence-electron chi connectivity index (χ3n) is 3.63. The predicted molar refractivity (Wildman–Crippen MR) is 76.7 cm³/mol. The van der Waals surface area contributed by atoms with E-state index in [1.807, 2.05) is 5.32 Å². The number of carbonyl (C=O) groups excluding carboxylic acids is 1. The van der Waals surface area contributed by atoms with Gasteiger partial charge in [0, 0.05) is 18.7 Å². The van der Waals surface area contributed by atoms with Crippen molar-refractivity contribution in [1.29, 1.82) is 0 Å². The van der Waals surface area contributed by atoms with E-state index in [4.69, 9.17) is 4.74 Å². The molecule has 26 heavy (non-hydrogen) atoms. The number of nitrogens with zero attached hydrogens (tertiary/aromatic N) is 2. The molecule has 11 heteroatoms. The summed E-state index contributed by atoms with van der Waals surface area (Å²) in [6.07, 6.45) is -8.19. The van der Waals surface area contributed by atoms with Gasteiger partial charge in [-0.25, -0.2) is 4.68 Å². The van der Waals surface area contributed by atoms with Crippen LogP contribution in [0.2, 0.25) is 0 Å². The Morgan fingerprint density at radius 2 is 1.69 bits per heavy atom. The fourth-order valence-corrected chi connectivity index (χ4v) is 2.45. The van der Waals surface area contributed by atoms with Crippen molar-refractivity contribution >= 4 is 11.6 Å². The number of aromatic nitrogens is 2. The maximum absolute atomic E-state index is 12.9. The van der Waals surface area contributed by atoms with Crippen molar-refractivity contribution in [2.45, 2.75) is 25.3 Å². The molecule has 0 fully saturated rings. The lowest BCUT2D eigenvalue weighted by Crippen LogP contribution is -2.19. The van der Waals surface area contributed by atoms with Gasteiger partial charge in [-0.05, 0) is 18.2 Å². The molecule has 0 bridgehead atoms. The largest absolute Gasteiger partial charge is 0.477 e. The first kappa shape index (κ1) is 18.1. The van der Waals surface area contributed by atoms with Crippen LogP contribution in [0.5, 0.6) is 5.88 Å². The summed E-state index contributed by atoms with van der Waals surface area (Å²) in [5.74, 6) is -0.794. The zero-order valence-corrected chi connectivity index (χ0v) is 12.9. The number of amides is 1. The average molecular weight is 379 g/mol. The third-order valence-corrected chi connectivity index (χ3v) is 3.63. The summed E-state index contributed by atoms with van der Waals surface area (Å²) in [5.41, 5.74) is -3.74. The van der Waals surface area contributed by atoms with Crippen molar-refractivity contribution in [2.75, 3.05) is 11.9 Å². The lowest BCUT2D eigenvalue weighted by atomic mass is 10.1. The molecule has 1 aromatic heterocycles. The molecule has 1 N–H and O–H groups in total. The van der Waals surface area contributed by atoms with Gasteiger partial charge in [0.1, 0.15) is 5.56 Å². The maximum Gasteiger partial charge on any atom is 0.416 e. The molecule has 0 spiro atoms. The van der Waals surface area contributed by atoms with Crippen molar-refractivity contribution in [3.05, 3.63) is 41.1 Å². The number of rotatable bonds is 2. The number of aryl methyl sites for hydroxylation is 1. The van der Waals surface area contributed by atoms with Gasteiger partial charge in [0.15, 0.2) is 0 Å². The molecule has 0 aliphatic carbocycles. The average Bonchev–Trinajstić information content (AvgIpc) is 2.97. The van der Waals surface area contributed by atoms with Crippen LogP contribution in [0.4, 0.5) is 32.0 Å². The topological polar surface area (TPSA) is 56.2 Å². The number of hydrogen-bond acceptors (Lipinski definition) is 3. The Morgan fingerprint density at radius 3 is 2.27 bits per heavy atom. The zero-order chi connectivity index (χ0) is 19.1. The molecule has 2 heterocycles. The van der Waals surface area contributed by atoms with E-state index in [0.29, 0.717) is 31.7 Å². The van der Waals surface area contributed by atoms with E-state index < -0.39 is 35.1 Å². The second-order valence-electron chi connectivity index (χ2n) is 5.54. The minimum atomic E-state index is -5.00. The zero-order valence-electron chi connectivity index (χ0n) is 12.9. The van der Waals surface area contributed by atoms with Crippen LogP contribution in [0.3, 0.4) is 0 Å². The molecule has 5 nitrogen and oxygen atoms in total. The lowest BCUT2D eigenvalue weighted by Gasteiger charge is -2.17. The number of benzene rings is 1. The predicted octanol–water partition coefficient (Wildman–Crippen LogP) is 3.96. The second kappa shape index (κ2) is 6.22. The highest BCUT2D eigenvalue weighted by atomic mass is 19.4. The smallest absolute Gasteiger partial charge is 0.416 e. The number of anilines is 1. The van der Waals surface area contributed by atoms with Crippen molar-refractivity contribution in [3.63, 3.8) is 0 Å². The van der Waals surface area contributed by atoms with Crippen LogP contribution in [0.1, 0.15) is 27.9 Å². The van der Waals surface area contributed by atoms with Crippen molar-refractivity contribution in [2.24, 2.45) is 0 Å². The van der Waals surface area contributed by atoms with Crippen LogP contribution in [0.25, 0.3) is 0 Å². The van der Waals surface area contributed by atoms with E-state index in [2.05, 4.69) is 5.10 Å². The summed E-state index contributed by atoms with van der Waals surface area (Å²) in [7, 11) is 0. The SMILES string of the molecule is O=C(Nc1cc(C(F)(F)F)cc(C(F)(F)F)c1)c1cnn2c1OCCC2. The van der Waals surface area contributed by atoms with Gasteiger partial charge in [-0.1, -0.05) is 0 Å². The van der Waals surface area contributed by atoms with Crippen molar-refractivity contribution in [3.8, 4) is 5.88 Å². The summed E-state index contributed by atoms with van der Waals surface area (Å²) in [5, 5.41) is 5.95. The Hall–Kier alpha value is -2.72. The minimum absolute atomic E-state index is 0.0133. The Morgan fingerprint density at radius 1 is 1.08 bits per heavy atom.